The van der Waals surface area contributed by atoms with Crippen LogP contribution in [0.3, 0.4) is 0 Å². The van der Waals surface area contributed by atoms with Crippen LogP contribution in [0.15, 0.2) is 12.3 Å². The van der Waals surface area contributed by atoms with Crippen molar-refractivity contribution in [3.63, 3.8) is 0 Å². The lowest BCUT2D eigenvalue weighted by atomic mass is 10.2. The Morgan fingerprint density at radius 2 is 2.27 bits per heavy atom. The number of hydrogen-bond donors (Lipinski definition) is 1. The maximum Gasteiger partial charge on any atom is 0.308 e. The molecule has 0 atom stereocenters. The van der Waals surface area contributed by atoms with Crippen LogP contribution in [0.25, 0.3) is 0 Å². The van der Waals surface area contributed by atoms with Gasteiger partial charge in [0.2, 0.25) is 0 Å². The molecule has 2 N–H and O–H groups in total. The van der Waals surface area contributed by atoms with Crippen molar-refractivity contribution in [2.45, 2.75) is 39.3 Å². The topological polar surface area (TPSA) is 70.1 Å². The molecule has 0 saturated carbocycles. The Balaban J connectivity index is 2.35. The summed E-state index contributed by atoms with van der Waals surface area (Å²) < 4.78 is 6.78. The molecule has 0 aliphatic heterocycles. The average molecular weight is 211 g/mol. The standard InChI is InChI=1S/C10H17N3O2/c1-10(2,3)15-9(14)5-7-13-6-4-8(11)12-13/h4,6H,5,7H2,1-3H3,(H2,11,12). The van der Waals surface area contributed by atoms with Crippen molar-refractivity contribution in [1.82, 2.24) is 9.78 Å². The lowest BCUT2D eigenvalue weighted by Gasteiger charge is -2.19. The molecular formula is C10H17N3O2. The van der Waals surface area contributed by atoms with Gasteiger partial charge in [0, 0.05) is 6.20 Å². The highest BCUT2D eigenvalue weighted by atomic mass is 16.6. The minimum absolute atomic E-state index is 0.225. The molecule has 1 heterocycles. The summed E-state index contributed by atoms with van der Waals surface area (Å²) >= 11 is 0. The number of esters is 1. The first-order chi connectivity index (χ1) is 6.87. The van der Waals surface area contributed by atoms with E-state index in [1.54, 1.807) is 16.9 Å². The van der Waals surface area contributed by atoms with Gasteiger partial charge < -0.3 is 10.5 Å². The van der Waals surface area contributed by atoms with E-state index in [1.165, 1.54) is 0 Å². The minimum atomic E-state index is -0.430. The minimum Gasteiger partial charge on any atom is -0.460 e. The Bertz CT molecular complexity index is 339. The average Bonchev–Trinajstić information content (AvgIpc) is 2.45. The molecule has 84 valence electrons. The van der Waals surface area contributed by atoms with Crippen molar-refractivity contribution in [3.05, 3.63) is 12.3 Å². The van der Waals surface area contributed by atoms with Gasteiger partial charge in [-0.05, 0) is 26.8 Å². The molecule has 0 unspecified atom stereocenters. The normalized spacial score (nSPS) is 11.4. The quantitative estimate of drug-likeness (QED) is 0.762. The summed E-state index contributed by atoms with van der Waals surface area (Å²) in [5.74, 6) is 0.232. The van der Waals surface area contributed by atoms with E-state index in [0.717, 1.165) is 0 Å². The first-order valence-corrected chi connectivity index (χ1v) is 4.87. The lowest BCUT2D eigenvalue weighted by Crippen LogP contribution is -2.24. The van der Waals surface area contributed by atoms with E-state index < -0.39 is 5.60 Å². The Morgan fingerprint density at radius 1 is 1.60 bits per heavy atom. The number of carbonyl (C=O) groups excluding carboxylic acids is 1. The lowest BCUT2D eigenvalue weighted by molar-refractivity contribution is -0.155. The first-order valence-electron chi connectivity index (χ1n) is 4.87. The van der Waals surface area contributed by atoms with Crippen molar-refractivity contribution in [2.24, 2.45) is 0 Å². The van der Waals surface area contributed by atoms with Crippen molar-refractivity contribution >= 4 is 11.8 Å². The predicted molar refractivity (Wildman–Crippen MR) is 57.1 cm³/mol. The number of nitrogens with two attached hydrogens (primary N) is 1. The van der Waals surface area contributed by atoms with E-state index >= 15 is 0 Å². The fourth-order valence-electron chi connectivity index (χ4n) is 1.10. The number of anilines is 1. The second-order valence-electron chi connectivity index (χ2n) is 4.34. The van der Waals surface area contributed by atoms with Crippen LogP contribution in [0.5, 0.6) is 0 Å². The molecule has 0 fully saturated rings. The zero-order chi connectivity index (χ0) is 11.5. The number of carbonyl (C=O) groups is 1. The van der Waals surface area contributed by atoms with E-state index in [9.17, 15) is 4.79 Å². The fourth-order valence-corrected chi connectivity index (χ4v) is 1.10. The second kappa shape index (κ2) is 4.33. The fraction of sp³-hybridized carbons (Fsp3) is 0.600. The van der Waals surface area contributed by atoms with E-state index in [1.807, 2.05) is 20.8 Å². The number of aromatic nitrogens is 2. The van der Waals surface area contributed by atoms with E-state index in [0.29, 0.717) is 18.8 Å². The molecule has 5 heteroatoms. The molecule has 1 aromatic rings. The molecule has 5 nitrogen and oxygen atoms in total. The summed E-state index contributed by atoms with van der Waals surface area (Å²) in [6.07, 6.45) is 2.04. The van der Waals surface area contributed by atoms with Crippen LogP contribution in [0.4, 0.5) is 5.82 Å². The van der Waals surface area contributed by atoms with Crippen LogP contribution in [0.1, 0.15) is 27.2 Å². The second-order valence-corrected chi connectivity index (χ2v) is 4.34. The molecule has 0 amide bonds. The summed E-state index contributed by atoms with van der Waals surface area (Å²) in [6, 6.07) is 1.69. The highest BCUT2D eigenvalue weighted by molar-refractivity contribution is 5.69. The molecule has 1 rings (SSSR count). The van der Waals surface area contributed by atoms with E-state index in [4.69, 9.17) is 10.5 Å². The molecule has 0 aromatic carbocycles. The number of ether oxygens (including phenoxy) is 1. The molecule has 0 bridgehead atoms. The third-order valence-electron chi connectivity index (χ3n) is 1.63. The highest BCUT2D eigenvalue weighted by Gasteiger charge is 2.15. The van der Waals surface area contributed by atoms with E-state index in [-0.39, 0.29) is 5.97 Å². The van der Waals surface area contributed by atoms with Gasteiger partial charge in [-0.3, -0.25) is 9.48 Å². The Hall–Kier alpha value is -1.52. The van der Waals surface area contributed by atoms with Crippen molar-refractivity contribution in [3.8, 4) is 0 Å². The molecular weight excluding hydrogens is 194 g/mol. The van der Waals surface area contributed by atoms with Crippen LogP contribution in [-0.4, -0.2) is 21.4 Å². The SMILES string of the molecule is CC(C)(C)OC(=O)CCn1ccc(N)n1. The van der Waals surface area contributed by atoms with Gasteiger partial charge in [-0.15, -0.1) is 0 Å². The zero-order valence-electron chi connectivity index (χ0n) is 9.36. The smallest absolute Gasteiger partial charge is 0.308 e. The molecule has 0 aliphatic carbocycles. The van der Waals surface area contributed by atoms with E-state index in [2.05, 4.69) is 5.10 Å². The van der Waals surface area contributed by atoms with Crippen molar-refractivity contribution in [2.75, 3.05) is 5.73 Å². The highest BCUT2D eigenvalue weighted by Crippen LogP contribution is 2.08. The van der Waals surface area contributed by atoms with Crippen LogP contribution in [0.2, 0.25) is 0 Å². The summed E-state index contributed by atoms with van der Waals surface area (Å²) in [4.78, 5) is 11.3. The molecule has 0 saturated heterocycles. The molecule has 1 aromatic heterocycles. The number of nitrogens with zero attached hydrogens (tertiary/aromatic N) is 2. The summed E-state index contributed by atoms with van der Waals surface area (Å²) in [5.41, 5.74) is 5.01. The van der Waals surface area contributed by atoms with Gasteiger partial charge in [-0.25, -0.2) is 0 Å². The van der Waals surface area contributed by atoms with Crippen LogP contribution >= 0.6 is 0 Å². The molecule has 0 spiro atoms. The Morgan fingerprint density at radius 3 is 2.73 bits per heavy atom. The van der Waals surface area contributed by atoms with Crippen LogP contribution in [0, 0.1) is 0 Å². The molecule has 0 aliphatic rings. The largest absolute Gasteiger partial charge is 0.460 e. The van der Waals surface area contributed by atoms with Crippen molar-refractivity contribution in [1.29, 1.82) is 0 Å². The number of rotatable bonds is 3. The number of aryl methyl sites for hydroxylation is 1. The van der Waals surface area contributed by atoms with Gasteiger partial charge >= 0.3 is 5.97 Å². The Kier molecular flexibility index (Phi) is 3.34. The van der Waals surface area contributed by atoms with Gasteiger partial charge in [-0.1, -0.05) is 0 Å². The Labute approximate surface area is 89.2 Å². The third kappa shape index (κ3) is 4.49. The number of hydrogen-bond acceptors (Lipinski definition) is 4. The summed E-state index contributed by atoms with van der Waals surface area (Å²) in [5, 5.41) is 3.97. The summed E-state index contributed by atoms with van der Waals surface area (Å²) in [7, 11) is 0. The van der Waals surface area contributed by atoms with Crippen LogP contribution < -0.4 is 5.73 Å². The van der Waals surface area contributed by atoms with Gasteiger partial charge in [-0.2, -0.15) is 5.10 Å². The zero-order valence-corrected chi connectivity index (χ0v) is 9.36. The maximum atomic E-state index is 11.3. The summed E-state index contributed by atoms with van der Waals surface area (Å²) in [6.45, 7) is 6.02. The van der Waals surface area contributed by atoms with Crippen molar-refractivity contribution < 1.29 is 9.53 Å². The van der Waals surface area contributed by atoms with Crippen LogP contribution in [-0.2, 0) is 16.1 Å². The third-order valence-corrected chi connectivity index (χ3v) is 1.63. The predicted octanol–water partition coefficient (Wildman–Crippen LogP) is 1.20. The van der Waals surface area contributed by atoms with Gasteiger partial charge in [0.05, 0.1) is 13.0 Å². The molecule has 15 heavy (non-hydrogen) atoms. The number of nitrogen functional groups attached to an aromatic ring is 1. The maximum absolute atomic E-state index is 11.3. The first kappa shape index (κ1) is 11.6. The monoisotopic (exact) mass is 211 g/mol. The van der Waals surface area contributed by atoms with Gasteiger partial charge in [0.25, 0.3) is 0 Å². The molecule has 0 radical (unpaired) electrons. The van der Waals surface area contributed by atoms with Gasteiger partial charge in [0.1, 0.15) is 11.4 Å². The van der Waals surface area contributed by atoms with Gasteiger partial charge in [0.15, 0.2) is 0 Å².